The van der Waals surface area contributed by atoms with E-state index in [1.807, 2.05) is 43.0 Å². The zero-order chi connectivity index (χ0) is 27.4. The van der Waals surface area contributed by atoms with E-state index in [1.165, 1.54) is 22.6 Å². The van der Waals surface area contributed by atoms with Gasteiger partial charge in [-0.1, -0.05) is 37.2 Å². The van der Waals surface area contributed by atoms with Crippen LogP contribution in [0.1, 0.15) is 59.0 Å². The van der Waals surface area contributed by atoms with Crippen LogP contribution in [0.3, 0.4) is 0 Å². The summed E-state index contributed by atoms with van der Waals surface area (Å²) in [6.07, 6.45) is 4.06. The van der Waals surface area contributed by atoms with Crippen LogP contribution >= 0.6 is 22.9 Å². The van der Waals surface area contributed by atoms with Crippen LogP contribution in [0.5, 0.6) is 0 Å². The standard InChI is InChI=1S/C28H33ClF2N4O2S/c1-4-12-33(13-6-9-21-8-5-10-22(29)15-21)27(37)25-19(2)24-20(3)35(18-32-26(24)38-25)16-23(36)34-14-7-11-28(30,31)17-34/h5,8,10,15,18H,3-4,6-7,9,11-14,16-17H2,1-2H3. The molecule has 2 aliphatic heterocycles. The number of halogens is 3. The molecule has 2 amide bonds. The molecule has 0 radical (unpaired) electrons. The molecule has 204 valence electrons. The molecule has 1 saturated heterocycles. The highest BCUT2D eigenvalue weighted by Gasteiger charge is 2.38. The second-order valence-electron chi connectivity index (χ2n) is 9.86. The second-order valence-corrected chi connectivity index (χ2v) is 11.3. The minimum atomic E-state index is -2.86. The molecule has 10 heteroatoms. The molecule has 0 unspecified atom stereocenters. The van der Waals surface area contributed by atoms with E-state index in [0.29, 0.717) is 40.2 Å². The SMILES string of the molecule is C=C1c2c(sc(C(=O)N(CCC)CCCc3cccc(Cl)c3)c2C)N=CN1CC(=O)N1CCCC(F)(F)C1. The first-order valence-corrected chi connectivity index (χ1v) is 14.1. The van der Waals surface area contributed by atoms with Gasteiger partial charge < -0.3 is 14.7 Å². The molecule has 2 aromatic rings. The predicted octanol–water partition coefficient (Wildman–Crippen LogP) is 6.40. The first-order valence-electron chi connectivity index (χ1n) is 12.9. The summed E-state index contributed by atoms with van der Waals surface area (Å²) in [4.78, 5) is 36.1. The van der Waals surface area contributed by atoms with Crippen LogP contribution in [0.4, 0.5) is 13.8 Å². The van der Waals surface area contributed by atoms with Gasteiger partial charge in [0.2, 0.25) is 5.91 Å². The smallest absolute Gasteiger partial charge is 0.265 e. The van der Waals surface area contributed by atoms with E-state index in [0.717, 1.165) is 36.0 Å². The van der Waals surface area contributed by atoms with Crippen LogP contribution < -0.4 is 0 Å². The number of rotatable bonds is 9. The lowest BCUT2D eigenvalue weighted by Gasteiger charge is -2.34. The summed E-state index contributed by atoms with van der Waals surface area (Å²) in [7, 11) is 0. The van der Waals surface area contributed by atoms with Crippen LogP contribution in [0, 0.1) is 6.92 Å². The Hall–Kier alpha value is -2.78. The third kappa shape index (κ3) is 6.43. The molecule has 3 heterocycles. The van der Waals surface area contributed by atoms with Crippen molar-refractivity contribution in [3.63, 3.8) is 0 Å². The largest absolute Gasteiger partial charge is 0.338 e. The highest BCUT2D eigenvalue weighted by Crippen LogP contribution is 2.42. The molecule has 0 N–H and O–H groups in total. The predicted molar refractivity (Wildman–Crippen MR) is 150 cm³/mol. The number of carbonyl (C=O) groups excluding carboxylic acids is 2. The third-order valence-corrected chi connectivity index (χ3v) is 8.31. The van der Waals surface area contributed by atoms with Crippen molar-refractivity contribution >= 4 is 51.8 Å². The Morgan fingerprint density at radius 1 is 1.29 bits per heavy atom. The van der Waals surface area contributed by atoms with Crippen molar-refractivity contribution < 1.29 is 18.4 Å². The minimum absolute atomic E-state index is 0.0454. The number of fused-ring (bicyclic) bond motifs is 1. The molecule has 0 saturated carbocycles. The maximum atomic E-state index is 13.8. The van der Waals surface area contributed by atoms with E-state index in [-0.39, 0.29) is 25.3 Å². The Labute approximate surface area is 231 Å². The second kappa shape index (κ2) is 11.9. The summed E-state index contributed by atoms with van der Waals surface area (Å²) in [5, 5.41) is 1.37. The Kier molecular flexibility index (Phi) is 8.88. The van der Waals surface area contributed by atoms with Gasteiger partial charge in [0.1, 0.15) is 11.5 Å². The lowest BCUT2D eigenvalue weighted by molar-refractivity contribution is -0.141. The number of nitrogens with zero attached hydrogens (tertiary/aromatic N) is 4. The highest BCUT2D eigenvalue weighted by molar-refractivity contribution is 7.18. The lowest BCUT2D eigenvalue weighted by atomic mass is 10.1. The van der Waals surface area contributed by atoms with Crippen LogP contribution in [0.15, 0.2) is 35.8 Å². The molecule has 0 aliphatic carbocycles. The number of benzene rings is 1. The van der Waals surface area contributed by atoms with Crippen molar-refractivity contribution in [2.45, 2.75) is 51.9 Å². The monoisotopic (exact) mass is 562 g/mol. The van der Waals surface area contributed by atoms with Crippen molar-refractivity contribution in [3.05, 3.63) is 57.4 Å². The van der Waals surface area contributed by atoms with Gasteiger partial charge in [-0.25, -0.2) is 13.8 Å². The highest BCUT2D eigenvalue weighted by atomic mass is 35.5. The Morgan fingerprint density at radius 3 is 2.79 bits per heavy atom. The molecule has 38 heavy (non-hydrogen) atoms. The fourth-order valence-corrected chi connectivity index (χ4v) is 6.27. The number of aryl methyl sites for hydroxylation is 1. The van der Waals surface area contributed by atoms with E-state index in [4.69, 9.17) is 11.6 Å². The minimum Gasteiger partial charge on any atom is -0.338 e. The summed E-state index contributed by atoms with van der Waals surface area (Å²) in [5.41, 5.74) is 3.18. The average molecular weight is 563 g/mol. The van der Waals surface area contributed by atoms with Gasteiger partial charge in [-0.05, 0) is 55.9 Å². The third-order valence-electron chi connectivity index (χ3n) is 6.89. The first-order chi connectivity index (χ1) is 18.1. The van der Waals surface area contributed by atoms with Crippen LogP contribution in [-0.2, 0) is 11.2 Å². The number of hydrogen-bond donors (Lipinski definition) is 0. The molecular formula is C28H33ClF2N4O2S. The maximum absolute atomic E-state index is 13.8. The Morgan fingerprint density at radius 2 is 2.08 bits per heavy atom. The van der Waals surface area contributed by atoms with E-state index in [2.05, 4.69) is 11.6 Å². The number of thiophene rings is 1. The maximum Gasteiger partial charge on any atom is 0.265 e. The lowest BCUT2D eigenvalue weighted by Crippen LogP contribution is -2.48. The van der Waals surface area contributed by atoms with Gasteiger partial charge >= 0.3 is 0 Å². The molecule has 1 aromatic heterocycles. The first kappa shape index (κ1) is 28.2. The zero-order valence-corrected chi connectivity index (χ0v) is 23.4. The summed E-state index contributed by atoms with van der Waals surface area (Å²) in [6.45, 7) is 8.96. The zero-order valence-electron chi connectivity index (χ0n) is 21.8. The van der Waals surface area contributed by atoms with Gasteiger partial charge in [0, 0.05) is 42.3 Å². The molecule has 2 aliphatic rings. The van der Waals surface area contributed by atoms with Crippen molar-refractivity contribution in [2.75, 3.05) is 32.7 Å². The fraction of sp³-hybridized carbons (Fsp3) is 0.464. The van der Waals surface area contributed by atoms with E-state index >= 15 is 0 Å². The Bertz CT molecular complexity index is 1250. The van der Waals surface area contributed by atoms with Gasteiger partial charge in [0.05, 0.1) is 17.8 Å². The molecule has 1 fully saturated rings. The fourth-order valence-electron chi connectivity index (χ4n) is 4.92. The van der Waals surface area contributed by atoms with Crippen molar-refractivity contribution in [1.82, 2.24) is 14.7 Å². The topological polar surface area (TPSA) is 56.2 Å². The van der Waals surface area contributed by atoms with Crippen LogP contribution in [0.2, 0.25) is 5.02 Å². The number of hydrogen-bond acceptors (Lipinski definition) is 5. The molecule has 0 bridgehead atoms. The average Bonchev–Trinajstić information content (AvgIpc) is 3.21. The van der Waals surface area contributed by atoms with Gasteiger partial charge in [0.15, 0.2) is 0 Å². The van der Waals surface area contributed by atoms with E-state index in [1.54, 1.807) is 4.90 Å². The van der Waals surface area contributed by atoms with Crippen molar-refractivity contribution in [1.29, 1.82) is 0 Å². The Balaban J connectivity index is 1.44. The van der Waals surface area contributed by atoms with Gasteiger partial charge in [-0.2, -0.15) is 0 Å². The number of aliphatic imine (C=N–C) groups is 1. The quantitative estimate of drug-likeness (QED) is 0.355. The van der Waals surface area contributed by atoms with Crippen LogP contribution in [-0.4, -0.2) is 71.5 Å². The molecule has 0 spiro atoms. The van der Waals surface area contributed by atoms with Crippen molar-refractivity contribution in [2.24, 2.45) is 4.99 Å². The molecular weight excluding hydrogens is 530 g/mol. The van der Waals surface area contributed by atoms with E-state index in [9.17, 15) is 18.4 Å². The molecule has 6 nitrogen and oxygen atoms in total. The molecule has 0 atom stereocenters. The number of amides is 2. The van der Waals surface area contributed by atoms with Gasteiger partial charge in [0.25, 0.3) is 11.8 Å². The normalized spacial score (nSPS) is 16.5. The number of alkyl halides is 2. The van der Waals surface area contributed by atoms with E-state index < -0.39 is 18.4 Å². The van der Waals surface area contributed by atoms with Crippen LogP contribution in [0.25, 0.3) is 5.70 Å². The molecule has 4 rings (SSSR count). The van der Waals surface area contributed by atoms with Gasteiger partial charge in [-0.15, -0.1) is 11.3 Å². The summed E-state index contributed by atoms with van der Waals surface area (Å²) < 4.78 is 27.6. The number of piperidine rings is 1. The summed E-state index contributed by atoms with van der Waals surface area (Å²) in [5.74, 6) is -3.29. The number of carbonyl (C=O) groups is 2. The van der Waals surface area contributed by atoms with Gasteiger partial charge in [-0.3, -0.25) is 9.59 Å². The van der Waals surface area contributed by atoms with Crippen molar-refractivity contribution in [3.8, 4) is 0 Å². The summed E-state index contributed by atoms with van der Waals surface area (Å²) >= 11 is 7.42. The summed E-state index contributed by atoms with van der Waals surface area (Å²) in [6, 6.07) is 7.76. The molecule has 1 aromatic carbocycles. The number of likely N-dealkylation sites (tertiary alicyclic amines) is 1.